The molecule has 0 spiro atoms. The molecule has 0 aromatic heterocycles. The molecule has 0 saturated carbocycles. The molecule has 1 fully saturated rings. The molecular weight excluding hydrogens is 347 g/mol. The summed E-state index contributed by atoms with van der Waals surface area (Å²) in [5.41, 5.74) is 0. The van der Waals surface area contributed by atoms with Gasteiger partial charge in [-0.3, -0.25) is 4.79 Å². The zero-order chi connectivity index (χ0) is 15.2. The van der Waals surface area contributed by atoms with Crippen molar-refractivity contribution in [3.05, 3.63) is 28.2 Å². The zero-order valence-electron chi connectivity index (χ0n) is 12.5. The zero-order valence-corrected chi connectivity index (χ0v) is 14.8. The first kappa shape index (κ1) is 19.4. The summed E-state index contributed by atoms with van der Waals surface area (Å²) >= 11 is 11.8. The highest BCUT2D eigenvalue weighted by Crippen LogP contribution is 2.27. The molecule has 1 unspecified atom stereocenters. The maximum Gasteiger partial charge on any atom is 0.222 e. The maximum absolute atomic E-state index is 12.1. The Morgan fingerprint density at radius 1 is 1.45 bits per heavy atom. The Labute approximate surface area is 147 Å². The minimum Gasteiger partial charge on any atom is -0.492 e. The standard InChI is InChI=1S/C15H20Cl2N2O2.ClH/c1-11-10-19(7-6-18-11)15(20)3-2-8-21-14-5-4-12(16)9-13(14)17;/h4-5,9,11,18H,2-3,6-8,10H2,1H3;1H. The largest absolute Gasteiger partial charge is 0.492 e. The molecule has 0 aliphatic carbocycles. The van der Waals surface area contributed by atoms with Crippen LogP contribution in [0.1, 0.15) is 19.8 Å². The van der Waals surface area contributed by atoms with Gasteiger partial charge in [-0.1, -0.05) is 23.2 Å². The molecule has 1 aliphatic rings. The number of benzene rings is 1. The molecule has 1 aromatic carbocycles. The van der Waals surface area contributed by atoms with Crippen molar-refractivity contribution in [1.29, 1.82) is 0 Å². The number of halogens is 3. The monoisotopic (exact) mass is 366 g/mol. The minimum absolute atomic E-state index is 0. The molecule has 1 atom stereocenters. The Hall–Kier alpha value is -0.680. The van der Waals surface area contributed by atoms with Gasteiger partial charge in [0.1, 0.15) is 5.75 Å². The van der Waals surface area contributed by atoms with Crippen molar-refractivity contribution in [2.24, 2.45) is 0 Å². The van der Waals surface area contributed by atoms with E-state index in [1.54, 1.807) is 18.2 Å². The van der Waals surface area contributed by atoms with Gasteiger partial charge in [-0.05, 0) is 31.5 Å². The molecule has 2 rings (SSSR count). The van der Waals surface area contributed by atoms with Crippen LogP contribution < -0.4 is 10.1 Å². The van der Waals surface area contributed by atoms with Gasteiger partial charge in [0.2, 0.25) is 5.91 Å². The van der Waals surface area contributed by atoms with E-state index in [2.05, 4.69) is 12.2 Å². The summed E-state index contributed by atoms with van der Waals surface area (Å²) in [4.78, 5) is 14.0. The smallest absolute Gasteiger partial charge is 0.222 e. The van der Waals surface area contributed by atoms with Crippen LogP contribution in [0.5, 0.6) is 5.75 Å². The van der Waals surface area contributed by atoms with E-state index in [0.717, 1.165) is 19.6 Å². The number of amides is 1. The van der Waals surface area contributed by atoms with E-state index in [9.17, 15) is 4.79 Å². The summed E-state index contributed by atoms with van der Waals surface area (Å²) in [7, 11) is 0. The normalized spacial score (nSPS) is 17.8. The van der Waals surface area contributed by atoms with Crippen molar-refractivity contribution in [2.45, 2.75) is 25.8 Å². The van der Waals surface area contributed by atoms with Gasteiger partial charge in [0, 0.05) is 37.1 Å². The van der Waals surface area contributed by atoms with Gasteiger partial charge >= 0.3 is 0 Å². The summed E-state index contributed by atoms with van der Waals surface area (Å²) in [6, 6.07) is 5.48. The third kappa shape index (κ3) is 5.84. The summed E-state index contributed by atoms with van der Waals surface area (Å²) in [5, 5.41) is 4.39. The predicted molar refractivity (Wildman–Crippen MR) is 92.5 cm³/mol. The van der Waals surface area contributed by atoms with Gasteiger partial charge in [0.05, 0.1) is 11.6 Å². The molecule has 1 amide bonds. The average Bonchev–Trinajstić information content (AvgIpc) is 2.45. The summed E-state index contributed by atoms with van der Waals surface area (Å²) < 4.78 is 5.58. The minimum atomic E-state index is 0. The van der Waals surface area contributed by atoms with Crippen LogP contribution in [0.15, 0.2) is 18.2 Å². The molecule has 1 aliphatic heterocycles. The molecule has 1 saturated heterocycles. The second kappa shape index (κ2) is 9.46. The highest BCUT2D eigenvalue weighted by molar-refractivity contribution is 6.35. The lowest BCUT2D eigenvalue weighted by atomic mass is 10.2. The number of hydrogen-bond donors (Lipinski definition) is 1. The van der Waals surface area contributed by atoms with Gasteiger partial charge in [-0.25, -0.2) is 0 Å². The van der Waals surface area contributed by atoms with Crippen molar-refractivity contribution in [3.63, 3.8) is 0 Å². The quantitative estimate of drug-likeness (QED) is 0.811. The molecular formula is C15H21Cl3N2O2. The Morgan fingerprint density at radius 2 is 2.23 bits per heavy atom. The predicted octanol–water partition coefficient (Wildman–Crippen LogP) is 3.39. The van der Waals surface area contributed by atoms with E-state index in [4.69, 9.17) is 27.9 Å². The first-order valence-corrected chi connectivity index (χ1v) is 7.91. The van der Waals surface area contributed by atoms with E-state index in [1.807, 2.05) is 4.90 Å². The topological polar surface area (TPSA) is 41.6 Å². The summed E-state index contributed by atoms with van der Waals surface area (Å²) in [6.45, 7) is 4.99. The lowest BCUT2D eigenvalue weighted by Gasteiger charge is -2.32. The first-order valence-electron chi connectivity index (χ1n) is 7.15. The number of nitrogens with one attached hydrogen (secondary N) is 1. The Balaban J connectivity index is 0.00000242. The first-order chi connectivity index (χ1) is 10.1. The molecule has 0 bridgehead atoms. The van der Waals surface area contributed by atoms with Crippen LogP contribution in [0.3, 0.4) is 0 Å². The van der Waals surface area contributed by atoms with Crippen molar-refractivity contribution in [1.82, 2.24) is 10.2 Å². The van der Waals surface area contributed by atoms with E-state index < -0.39 is 0 Å². The van der Waals surface area contributed by atoms with Crippen LogP contribution in [0.2, 0.25) is 10.0 Å². The van der Waals surface area contributed by atoms with Crippen molar-refractivity contribution >= 4 is 41.5 Å². The lowest BCUT2D eigenvalue weighted by Crippen LogP contribution is -2.51. The van der Waals surface area contributed by atoms with Crippen LogP contribution in [0.4, 0.5) is 0 Å². The number of carbonyl (C=O) groups is 1. The molecule has 7 heteroatoms. The van der Waals surface area contributed by atoms with Crippen molar-refractivity contribution in [3.8, 4) is 5.75 Å². The molecule has 124 valence electrons. The van der Waals surface area contributed by atoms with Gasteiger partial charge in [0.15, 0.2) is 0 Å². The summed E-state index contributed by atoms with van der Waals surface area (Å²) in [5.74, 6) is 0.790. The van der Waals surface area contributed by atoms with Gasteiger partial charge in [0.25, 0.3) is 0 Å². The number of hydrogen-bond acceptors (Lipinski definition) is 3. The Morgan fingerprint density at radius 3 is 2.91 bits per heavy atom. The van der Waals surface area contributed by atoms with Crippen molar-refractivity contribution in [2.75, 3.05) is 26.2 Å². The number of piperazine rings is 1. The summed E-state index contributed by atoms with van der Waals surface area (Å²) in [6.07, 6.45) is 1.17. The fraction of sp³-hybridized carbons (Fsp3) is 0.533. The fourth-order valence-electron chi connectivity index (χ4n) is 2.31. The molecule has 1 aromatic rings. The molecule has 1 N–H and O–H groups in total. The fourth-order valence-corrected chi connectivity index (χ4v) is 2.78. The molecule has 22 heavy (non-hydrogen) atoms. The van der Waals surface area contributed by atoms with Crippen LogP contribution in [-0.2, 0) is 4.79 Å². The van der Waals surface area contributed by atoms with Gasteiger partial charge in [-0.2, -0.15) is 0 Å². The number of rotatable bonds is 5. The number of nitrogens with zero attached hydrogens (tertiary/aromatic N) is 1. The van der Waals surface area contributed by atoms with E-state index in [-0.39, 0.29) is 18.3 Å². The van der Waals surface area contributed by atoms with E-state index >= 15 is 0 Å². The maximum atomic E-state index is 12.1. The highest BCUT2D eigenvalue weighted by Gasteiger charge is 2.19. The third-order valence-electron chi connectivity index (χ3n) is 3.41. The third-order valence-corrected chi connectivity index (χ3v) is 3.94. The number of carbonyl (C=O) groups excluding carboxylic acids is 1. The number of ether oxygens (including phenoxy) is 1. The lowest BCUT2D eigenvalue weighted by molar-refractivity contribution is -0.132. The second-order valence-electron chi connectivity index (χ2n) is 5.22. The molecule has 0 radical (unpaired) electrons. The van der Waals surface area contributed by atoms with Crippen molar-refractivity contribution < 1.29 is 9.53 Å². The molecule has 4 nitrogen and oxygen atoms in total. The molecule has 1 heterocycles. The second-order valence-corrected chi connectivity index (χ2v) is 6.07. The van der Waals surface area contributed by atoms with E-state index in [1.165, 1.54) is 0 Å². The highest BCUT2D eigenvalue weighted by atomic mass is 35.5. The van der Waals surface area contributed by atoms with E-state index in [0.29, 0.717) is 41.3 Å². The SMILES string of the molecule is CC1CN(C(=O)CCCOc2ccc(Cl)cc2Cl)CCN1.Cl. The van der Waals surface area contributed by atoms with Crippen LogP contribution in [0.25, 0.3) is 0 Å². The van der Waals surface area contributed by atoms with Gasteiger partial charge < -0.3 is 15.0 Å². The van der Waals surface area contributed by atoms with Gasteiger partial charge in [-0.15, -0.1) is 12.4 Å². The van der Waals surface area contributed by atoms with Crippen LogP contribution in [-0.4, -0.2) is 43.1 Å². The Bertz CT molecular complexity index is 500. The van der Waals surface area contributed by atoms with Crippen LogP contribution >= 0.6 is 35.6 Å². The van der Waals surface area contributed by atoms with Crippen LogP contribution in [0, 0.1) is 0 Å². The Kier molecular flexibility index (Phi) is 8.33. The average molecular weight is 368 g/mol.